The third-order valence-electron chi connectivity index (χ3n) is 6.60. The van der Waals surface area contributed by atoms with Crippen molar-refractivity contribution in [2.24, 2.45) is 0 Å². The number of ether oxygens (including phenoxy) is 4. The van der Waals surface area contributed by atoms with Gasteiger partial charge in [-0.25, -0.2) is 0 Å². The number of aliphatic hydroxyl groups is 1. The molecule has 1 amide bonds. The van der Waals surface area contributed by atoms with Crippen LogP contribution in [0.3, 0.4) is 0 Å². The van der Waals surface area contributed by atoms with E-state index in [1.54, 1.807) is 49.6 Å². The summed E-state index contributed by atoms with van der Waals surface area (Å²) in [6, 6.07) is 11.4. The van der Waals surface area contributed by atoms with Crippen molar-refractivity contribution in [2.45, 2.75) is 19.4 Å². The fraction of sp³-hybridized carbons (Fsp3) is 0.429. The Morgan fingerprint density at radius 2 is 1.78 bits per heavy atom. The van der Waals surface area contributed by atoms with Gasteiger partial charge in [0.2, 0.25) is 0 Å². The number of benzene rings is 2. The first-order chi connectivity index (χ1) is 18.0. The van der Waals surface area contributed by atoms with Gasteiger partial charge in [0.15, 0.2) is 11.5 Å². The summed E-state index contributed by atoms with van der Waals surface area (Å²) >= 11 is 0. The Hall–Kier alpha value is -3.56. The minimum Gasteiger partial charge on any atom is -0.507 e. The lowest BCUT2D eigenvalue weighted by atomic mass is 9.95. The number of methoxy groups -OCH3 is 2. The molecule has 9 nitrogen and oxygen atoms in total. The standard InChI is InChI=1S/C28H34N2O7/c1-4-14-37-21-7-5-6-20(17-21)26(31)24-25(19-8-9-22(34-2)23(18-19)35-3)30(28(33)27(24)32)11-10-29-12-15-36-16-13-29/h5-9,17-18,25,31H,4,10-16H2,1-3H3/b26-24+. The third-order valence-corrected chi connectivity index (χ3v) is 6.60. The Kier molecular flexibility index (Phi) is 8.68. The summed E-state index contributed by atoms with van der Waals surface area (Å²) in [5.74, 6) is -0.0396. The number of hydrogen-bond acceptors (Lipinski definition) is 8. The van der Waals surface area contributed by atoms with Gasteiger partial charge in [-0.05, 0) is 36.2 Å². The number of Topliss-reactive ketones (excluding diaryl/α,β-unsaturated/α-hetero) is 1. The molecule has 1 N–H and O–H groups in total. The van der Waals surface area contributed by atoms with Crippen molar-refractivity contribution in [3.8, 4) is 17.2 Å². The van der Waals surface area contributed by atoms with E-state index in [0.29, 0.717) is 61.3 Å². The number of likely N-dealkylation sites (tertiary alicyclic amines) is 1. The number of carbonyl (C=O) groups excluding carboxylic acids is 2. The number of amides is 1. The lowest BCUT2D eigenvalue weighted by Gasteiger charge is -2.31. The van der Waals surface area contributed by atoms with Gasteiger partial charge in [-0.3, -0.25) is 14.5 Å². The molecular formula is C28H34N2O7. The van der Waals surface area contributed by atoms with Crippen molar-refractivity contribution >= 4 is 17.4 Å². The van der Waals surface area contributed by atoms with Gasteiger partial charge in [0.1, 0.15) is 11.5 Å². The van der Waals surface area contributed by atoms with Crippen molar-refractivity contribution in [2.75, 3.05) is 60.2 Å². The summed E-state index contributed by atoms with van der Waals surface area (Å²) in [6.07, 6.45) is 0.837. The molecule has 0 radical (unpaired) electrons. The number of hydrogen-bond donors (Lipinski definition) is 1. The van der Waals surface area contributed by atoms with E-state index in [-0.39, 0.29) is 11.3 Å². The van der Waals surface area contributed by atoms with Crippen LogP contribution in [0.15, 0.2) is 48.0 Å². The Labute approximate surface area is 217 Å². The van der Waals surface area contributed by atoms with Crippen molar-refractivity contribution in [3.05, 3.63) is 59.2 Å². The molecule has 2 fully saturated rings. The number of rotatable bonds is 10. The highest BCUT2D eigenvalue weighted by Crippen LogP contribution is 2.42. The molecule has 0 saturated carbocycles. The molecule has 1 unspecified atom stereocenters. The van der Waals surface area contributed by atoms with Gasteiger partial charge in [0.05, 0.1) is 45.7 Å². The maximum absolute atomic E-state index is 13.4. The molecule has 2 aliphatic rings. The lowest BCUT2D eigenvalue weighted by molar-refractivity contribution is -0.140. The second kappa shape index (κ2) is 12.1. The molecule has 198 valence electrons. The number of aliphatic hydroxyl groups excluding tert-OH is 1. The smallest absolute Gasteiger partial charge is 0.295 e. The van der Waals surface area contributed by atoms with Gasteiger partial charge in [-0.15, -0.1) is 0 Å². The largest absolute Gasteiger partial charge is 0.507 e. The molecule has 2 aromatic rings. The zero-order valence-electron chi connectivity index (χ0n) is 21.6. The van der Waals surface area contributed by atoms with Crippen molar-refractivity contribution in [1.82, 2.24) is 9.80 Å². The average molecular weight is 511 g/mol. The van der Waals surface area contributed by atoms with Crippen LogP contribution in [-0.2, 0) is 14.3 Å². The summed E-state index contributed by atoms with van der Waals surface area (Å²) in [5.41, 5.74) is 1.08. The Morgan fingerprint density at radius 1 is 1.03 bits per heavy atom. The third kappa shape index (κ3) is 5.73. The van der Waals surface area contributed by atoms with E-state index < -0.39 is 17.7 Å². The summed E-state index contributed by atoms with van der Waals surface area (Å²) in [5, 5.41) is 11.4. The summed E-state index contributed by atoms with van der Waals surface area (Å²) in [4.78, 5) is 30.4. The first kappa shape index (κ1) is 26.5. The van der Waals surface area contributed by atoms with Crippen molar-refractivity contribution < 1.29 is 33.6 Å². The normalized spacial score (nSPS) is 19.8. The first-order valence-corrected chi connectivity index (χ1v) is 12.5. The van der Waals surface area contributed by atoms with Crippen LogP contribution in [0.1, 0.15) is 30.5 Å². The van der Waals surface area contributed by atoms with Gasteiger partial charge in [0, 0.05) is 31.7 Å². The molecule has 1 atom stereocenters. The zero-order chi connectivity index (χ0) is 26.4. The molecule has 4 rings (SSSR count). The maximum atomic E-state index is 13.4. The van der Waals surface area contributed by atoms with Crippen molar-refractivity contribution in [1.29, 1.82) is 0 Å². The first-order valence-electron chi connectivity index (χ1n) is 12.5. The average Bonchev–Trinajstić information content (AvgIpc) is 3.19. The molecule has 9 heteroatoms. The molecule has 2 aromatic carbocycles. The van der Waals surface area contributed by atoms with Crippen LogP contribution in [0.4, 0.5) is 0 Å². The van der Waals surface area contributed by atoms with Crippen LogP contribution in [-0.4, -0.2) is 86.8 Å². The predicted molar refractivity (Wildman–Crippen MR) is 138 cm³/mol. The molecule has 0 bridgehead atoms. The summed E-state index contributed by atoms with van der Waals surface area (Å²) < 4.78 is 22.0. The fourth-order valence-corrected chi connectivity index (χ4v) is 4.66. The van der Waals surface area contributed by atoms with Crippen LogP contribution >= 0.6 is 0 Å². The maximum Gasteiger partial charge on any atom is 0.295 e. The highest BCUT2D eigenvalue weighted by molar-refractivity contribution is 6.46. The highest BCUT2D eigenvalue weighted by Gasteiger charge is 2.46. The molecule has 0 aliphatic carbocycles. The number of ketones is 1. The topological polar surface area (TPSA) is 97.8 Å². The minimum atomic E-state index is -0.791. The molecule has 0 aromatic heterocycles. The summed E-state index contributed by atoms with van der Waals surface area (Å²) in [7, 11) is 3.07. The fourth-order valence-electron chi connectivity index (χ4n) is 4.66. The quantitative estimate of drug-likeness (QED) is 0.296. The van der Waals surface area contributed by atoms with Crippen LogP contribution in [0.5, 0.6) is 17.2 Å². The summed E-state index contributed by atoms with van der Waals surface area (Å²) in [6.45, 7) is 6.22. The monoisotopic (exact) mass is 510 g/mol. The van der Waals surface area contributed by atoms with Crippen LogP contribution in [0.2, 0.25) is 0 Å². The van der Waals surface area contributed by atoms with Crippen LogP contribution in [0.25, 0.3) is 5.76 Å². The lowest BCUT2D eigenvalue weighted by Crippen LogP contribution is -2.42. The Balaban J connectivity index is 1.76. The zero-order valence-corrected chi connectivity index (χ0v) is 21.6. The van der Waals surface area contributed by atoms with E-state index in [0.717, 1.165) is 19.5 Å². The van der Waals surface area contributed by atoms with Gasteiger partial charge < -0.3 is 29.0 Å². The van der Waals surface area contributed by atoms with E-state index in [4.69, 9.17) is 18.9 Å². The van der Waals surface area contributed by atoms with Gasteiger partial charge in [-0.1, -0.05) is 25.1 Å². The van der Waals surface area contributed by atoms with Crippen molar-refractivity contribution in [3.63, 3.8) is 0 Å². The van der Waals surface area contributed by atoms with Crippen LogP contribution < -0.4 is 14.2 Å². The van der Waals surface area contributed by atoms with Gasteiger partial charge >= 0.3 is 0 Å². The van der Waals surface area contributed by atoms with E-state index in [1.165, 1.54) is 12.0 Å². The second-order valence-electron chi connectivity index (χ2n) is 8.94. The van der Waals surface area contributed by atoms with E-state index in [9.17, 15) is 14.7 Å². The molecule has 2 saturated heterocycles. The van der Waals surface area contributed by atoms with E-state index in [1.807, 2.05) is 6.92 Å². The number of carbonyl (C=O) groups is 2. The van der Waals surface area contributed by atoms with E-state index in [2.05, 4.69) is 4.90 Å². The SMILES string of the molecule is CCCOc1cccc(/C(O)=C2\C(=O)C(=O)N(CCN3CCOCC3)C2c2ccc(OC)c(OC)c2)c1. The molecule has 2 heterocycles. The number of morpholine rings is 1. The molecule has 2 aliphatic heterocycles. The molecular weight excluding hydrogens is 476 g/mol. The van der Waals surface area contributed by atoms with E-state index >= 15 is 0 Å². The molecule has 0 spiro atoms. The highest BCUT2D eigenvalue weighted by atomic mass is 16.5. The minimum absolute atomic E-state index is 0.0341. The van der Waals surface area contributed by atoms with Crippen LogP contribution in [0, 0.1) is 0 Å². The Morgan fingerprint density at radius 3 is 2.49 bits per heavy atom. The predicted octanol–water partition coefficient (Wildman–Crippen LogP) is 3.25. The Bertz CT molecular complexity index is 1160. The second-order valence-corrected chi connectivity index (χ2v) is 8.94. The van der Waals surface area contributed by atoms with Gasteiger partial charge in [0.25, 0.3) is 11.7 Å². The molecule has 37 heavy (non-hydrogen) atoms. The number of nitrogens with zero attached hydrogens (tertiary/aromatic N) is 2. The van der Waals surface area contributed by atoms with Gasteiger partial charge in [-0.2, -0.15) is 0 Å².